The number of urea groups is 1. The van der Waals surface area contributed by atoms with Crippen molar-refractivity contribution in [3.8, 4) is 0 Å². The summed E-state index contributed by atoms with van der Waals surface area (Å²) in [6.07, 6.45) is 8.91. The van der Waals surface area contributed by atoms with E-state index in [-0.39, 0.29) is 18.1 Å². The van der Waals surface area contributed by atoms with E-state index >= 15 is 0 Å². The predicted octanol–water partition coefficient (Wildman–Crippen LogP) is 4.80. The van der Waals surface area contributed by atoms with Gasteiger partial charge in [0.25, 0.3) is 0 Å². The smallest absolute Gasteiger partial charge is 0.338 e. The first-order valence-corrected chi connectivity index (χ1v) is 11.7. The number of carbonyl (C=O) groups excluding carboxylic acids is 1. The van der Waals surface area contributed by atoms with Crippen molar-refractivity contribution in [3.05, 3.63) is 34.0 Å². The number of allylic oxidation sites excluding steroid dienone is 5. The summed E-state index contributed by atoms with van der Waals surface area (Å²) in [7, 11) is 0. The Bertz CT molecular complexity index is 749. The number of rotatable bonds is 7. The first kappa shape index (κ1) is 24.8. The molecular weight excluding hydrogens is 390 g/mol. The molecule has 1 heterocycles. The van der Waals surface area contributed by atoms with Gasteiger partial charge in [0, 0.05) is 18.3 Å². The average Bonchev–Trinajstić information content (AvgIpc) is 3.25. The molecule has 0 bridgehead atoms. The van der Waals surface area contributed by atoms with Crippen molar-refractivity contribution < 1.29 is 9.53 Å². The van der Waals surface area contributed by atoms with Crippen LogP contribution in [0.3, 0.4) is 0 Å². The quantitative estimate of drug-likeness (QED) is 0.436. The summed E-state index contributed by atoms with van der Waals surface area (Å²) in [5.74, 6) is 1.52. The van der Waals surface area contributed by atoms with Gasteiger partial charge in [0.15, 0.2) is 0 Å². The first-order chi connectivity index (χ1) is 14.8. The first-order valence-electron chi connectivity index (χ1n) is 11.7. The van der Waals surface area contributed by atoms with E-state index < -0.39 is 0 Å². The fourth-order valence-corrected chi connectivity index (χ4v) is 3.86. The van der Waals surface area contributed by atoms with Crippen molar-refractivity contribution in [3.63, 3.8) is 0 Å². The topological polar surface area (TPSA) is 86.8 Å². The highest BCUT2D eigenvalue weighted by Crippen LogP contribution is 2.34. The maximum Gasteiger partial charge on any atom is 0.338 e. The summed E-state index contributed by atoms with van der Waals surface area (Å²) in [5, 5.41) is 6.46. The lowest BCUT2D eigenvalue weighted by molar-refractivity contribution is 0.202. The fraction of sp³-hybridized carbons (Fsp3) is 0.667. The monoisotopic (exact) mass is 431 g/mol. The molecule has 1 unspecified atom stereocenters. The normalized spacial score (nSPS) is 26.2. The second-order valence-corrected chi connectivity index (χ2v) is 8.62. The molecule has 31 heavy (non-hydrogen) atoms. The zero-order valence-electron chi connectivity index (χ0n) is 20.2. The van der Waals surface area contributed by atoms with Crippen molar-refractivity contribution in [2.24, 2.45) is 4.99 Å². The molecule has 2 aliphatic rings. The predicted molar refractivity (Wildman–Crippen MR) is 127 cm³/mol. The van der Waals surface area contributed by atoms with Crippen LogP contribution in [0.5, 0.6) is 0 Å². The van der Waals surface area contributed by atoms with Gasteiger partial charge >= 0.3 is 6.03 Å². The Morgan fingerprint density at radius 2 is 1.97 bits per heavy atom. The fourth-order valence-electron chi connectivity index (χ4n) is 3.86. The van der Waals surface area contributed by atoms with E-state index in [4.69, 9.17) is 4.74 Å². The molecule has 4 N–H and O–H groups in total. The van der Waals surface area contributed by atoms with Gasteiger partial charge < -0.3 is 10.1 Å². The highest BCUT2D eigenvalue weighted by molar-refractivity contribution is 5.81. The molecule has 2 rings (SSSR count). The molecule has 1 atom stereocenters. The molecule has 7 nitrogen and oxygen atoms in total. The number of carbonyl (C=O) groups is 1. The van der Waals surface area contributed by atoms with Crippen LogP contribution in [0.2, 0.25) is 0 Å². The van der Waals surface area contributed by atoms with Gasteiger partial charge in [0.2, 0.25) is 0 Å². The molecule has 7 heteroatoms. The van der Waals surface area contributed by atoms with Crippen LogP contribution in [0.25, 0.3) is 0 Å². The van der Waals surface area contributed by atoms with Gasteiger partial charge in [-0.1, -0.05) is 19.4 Å². The molecule has 1 fully saturated rings. The second-order valence-electron chi connectivity index (χ2n) is 8.62. The van der Waals surface area contributed by atoms with Crippen LogP contribution in [0.15, 0.2) is 39.0 Å². The van der Waals surface area contributed by atoms with Crippen LogP contribution in [-0.4, -0.2) is 30.9 Å². The van der Waals surface area contributed by atoms with Gasteiger partial charge in [0.1, 0.15) is 17.3 Å². The van der Waals surface area contributed by atoms with E-state index in [1.54, 1.807) is 6.21 Å². The minimum atomic E-state index is -0.323. The highest BCUT2D eigenvalue weighted by atomic mass is 16.5. The summed E-state index contributed by atoms with van der Waals surface area (Å²) < 4.78 is 5.79. The Kier molecular flexibility index (Phi) is 9.95. The zero-order chi connectivity index (χ0) is 22.8. The maximum atomic E-state index is 12.7. The van der Waals surface area contributed by atoms with E-state index in [1.165, 1.54) is 16.7 Å². The third-order valence-electron chi connectivity index (χ3n) is 5.81. The highest BCUT2D eigenvalue weighted by Gasteiger charge is 2.22. The molecule has 174 valence electrons. The lowest BCUT2D eigenvalue weighted by Crippen LogP contribution is -2.47. The van der Waals surface area contributed by atoms with Crippen molar-refractivity contribution in [1.82, 2.24) is 21.5 Å². The summed E-state index contributed by atoms with van der Waals surface area (Å²) in [6.45, 7) is 13.2. The van der Waals surface area contributed by atoms with Crippen LogP contribution < -0.4 is 21.5 Å². The Morgan fingerprint density at radius 3 is 2.65 bits per heavy atom. The molecule has 1 aliphatic heterocycles. The minimum Gasteiger partial charge on any atom is -0.496 e. The maximum absolute atomic E-state index is 12.7. The number of hydrazine groups is 1. The number of aliphatic imine (C=N–C) groups is 1. The summed E-state index contributed by atoms with van der Waals surface area (Å²) in [5.41, 5.74) is 10.4. The van der Waals surface area contributed by atoms with E-state index in [9.17, 15) is 4.79 Å². The van der Waals surface area contributed by atoms with Crippen molar-refractivity contribution in [2.45, 2.75) is 98.6 Å². The SMILES string of the molecule is CC/C(C)=C1\CCC\C1=C(/NC(=O)NNC1=C(/C)OCCCC(CC)/N=C\1)NC(C)C. The molecule has 0 aromatic rings. The molecule has 2 amide bonds. The summed E-state index contributed by atoms with van der Waals surface area (Å²) >= 11 is 0. The van der Waals surface area contributed by atoms with Gasteiger partial charge in [-0.2, -0.15) is 0 Å². The van der Waals surface area contributed by atoms with Gasteiger partial charge in [-0.15, -0.1) is 0 Å². The number of ether oxygens (including phenoxy) is 1. The summed E-state index contributed by atoms with van der Waals surface area (Å²) in [4.78, 5) is 17.4. The Morgan fingerprint density at radius 1 is 1.23 bits per heavy atom. The van der Waals surface area contributed by atoms with Crippen molar-refractivity contribution in [1.29, 1.82) is 0 Å². The second kappa shape index (κ2) is 12.4. The third-order valence-corrected chi connectivity index (χ3v) is 5.81. The van der Waals surface area contributed by atoms with Crippen LogP contribution in [0.4, 0.5) is 4.79 Å². The van der Waals surface area contributed by atoms with Crippen LogP contribution >= 0.6 is 0 Å². The number of hydrogen-bond donors (Lipinski definition) is 4. The number of hydrogen-bond acceptors (Lipinski definition) is 5. The lowest BCUT2D eigenvalue weighted by atomic mass is 10.0. The molecule has 0 aromatic carbocycles. The van der Waals surface area contributed by atoms with Crippen LogP contribution in [-0.2, 0) is 4.74 Å². The third kappa shape index (κ3) is 7.64. The summed E-state index contributed by atoms with van der Waals surface area (Å²) in [6, 6.07) is 0.170. The van der Waals surface area contributed by atoms with E-state index in [0.29, 0.717) is 12.3 Å². The Labute approximate surface area is 187 Å². The zero-order valence-corrected chi connectivity index (χ0v) is 20.2. The van der Waals surface area contributed by atoms with E-state index in [1.807, 2.05) is 6.92 Å². The van der Waals surface area contributed by atoms with Crippen LogP contribution in [0.1, 0.15) is 86.5 Å². The molecular formula is C24H41N5O2. The lowest BCUT2D eigenvalue weighted by Gasteiger charge is -2.21. The van der Waals surface area contributed by atoms with E-state index in [0.717, 1.165) is 56.5 Å². The van der Waals surface area contributed by atoms with E-state index in [2.05, 4.69) is 61.1 Å². The Balaban J connectivity index is 2.13. The largest absolute Gasteiger partial charge is 0.496 e. The van der Waals surface area contributed by atoms with Gasteiger partial charge in [-0.3, -0.25) is 21.2 Å². The van der Waals surface area contributed by atoms with Crippen molar-refractivity contribution in [2.75, 3.05) is 6.61 Å². The molecule has 0 radical (unpaired) electrons. The average molecular weight is 432 g/mol. The molecule has 1 aliphatic carbocycles. The minimum absolute atomic E-state index is 0.213. The van der Waals surface area contributed by atoms with Gasteiger partial charge in [-0.25, -0.2) is 4.79 Å². The number of nitrogens with zero attached hydrogens (tertiary/aromatic N) is 1. The van der Waals surface area contributed by atoms with Gasteiger partial charge in [0.05, 0.1) is 6.61 Å². The number of amides is 2. The van der Waals surface area contributed by atoms with Crippen LogP contribution in [0, 0.1) is 0 Å². The molecule has 0 spiro atoms. The molecule has 1 saturated carbocycles. The van der Waals surface area contributed by atoms with Gasteiger partial charge in [-0.05, 0) is 83.8 Å². The van der Waals surface area contributed by atoms with Crippen molar-refractivity contribution >= 4 is 12.2 Å². The Hall–Kier alpha value is -2.44. The molecule has 0 aromatic heterocycles. The standard InChI is InChI=1S/C24H41N5O2/c1-7-17(5)20-12-9-13-21(20)23(26-16(3)4)27-24(30)29-28-22-15-25-19(8-2)11-10-14-31-18(22)6/h15-16,19,26,28H,7-14H2,1-6H3,(H2,27,29,30)/b20-17+,22-18-,23-21+,25-15-. The number of nitrogens with one attached hydrogen (secondary N) is 4. The molecule has 0 saturated heterocycles.